The molecule has 0 unspecified atom stereocenters. The van der Waals surface area contributed by atoms with E-state index in [1.54, 1.807) is 0 Å². The van der Waals surface area contributed by atoms with E-state index in [1.165, 1.54) is 0 Å². The summed E-state index contributed by atoms with van der Waals surface area (Å²) in [6, 6.07) is 17.7. The van der Waals surface area contributed by atoms with Crippen LogP contribution >= 0.6 is 0 Å². The van der Waals surface area contributed by atoms with Crippen molar-refractivity contribution in [2.45, 2.75) is 12.6 Å². The highest BCUT2D eigenvalue weighted by molar-refractivity contribution is 5.74. The van der Waals surface area contributed by atoms with Crippen LogP contribution in [0.2, 0.25) is 0 Å². The second-order valence-electron chi connectivity index (χ2n) is 4.75. The number of aromatic amines is 1. The molecule has 4 nitrogen and oxygen atoms in total. The molecule has 0 radical (unpaired) electrons. The first-order chi connectivity index (χ1) is 9.83. The molecule has 0 saturated heterocycles. The van der Waals surface area contributed by atoms with Gasteiger partial charge in [0.05, 0.1) is 30.3 Å². The molecule has 0 aliphatic carbocycles. The Hall–Kier alpha value is -2.17. The number of hydrogen-bond acceptors (Lipinski definition) is 3. The van der Waals surface area contributed by atoms with Crippen LogP contribution in [0.1, 0.15) is 17.4 Å². The Labute approximate surface area is 117 Å². The average molecular weight is 267 g/mol. The van der Waals surface area contributed by atoms with E-state index >= 15 is 0 Å². The molecular formula is C16H17N3O. The summed E-state index contributed by atoms with van der Waals surface area (Å²) < 4.78 is 5.65. The lowest BCUT2D eigenvalue weighted by Gasteiger charge is -2.09. The van der Waals surface area contributed by atoms with Crippen molar-refractivity contribution in [2.24, 2.45) is 5.73 Å². The van der Waals surface area contributed by atoms with Gasteiger partial charge in [0, 0.05) is 0 Å². The van der Waals surface area contributed by atoms with E-state index in [4.69, 9.17) is 10.5 Å². The standard InChI is InChI=1S/C16H17N3O/c17-13(11-20-10-12-6-2-1-3-7-12)16-18-14-8-4-5-9-15(14)19-16/h1-9,13H,10-11,17H2,(H,18,19)/t13-/m0/s1. The number of nitrogens with zero attached hydrogens (tertiary/aromatic N) is 1. The predicted molar refractivity (Wildman–Crippen MR) is 79.1 cm³/mol. The molecule has 0 saturated carbocycles. The number of benzene rings is 2. The van der Waals surface area contributed by atoms with Crippen molar-refractivity contribution in [1.29, 1.82) is 0 Å². The maximum atomic E-state index is 6.10. The molecule has 20 heavy (non-hydrogen) atoms. The van der Waals surface area contributed by atoms with Crippen LogP contribution in [0, 0.1) is 0 Å². The molecule has 4 heteroatoms. The van der Waals surface area contributed by atoms with Gasteiger partial charge in [-0.15, -0.1) is 0 Å². The number of para-hydroxylation sites is 2. The lowest BCUT2D eigenvalue weighted by atomic mass is 10.2. The lowest BCUT2D eigenvalue weighted by Crippen LogP contribution is -2.18. The summed E-state index contributed by atoms with van der Waals surface area (Å²) in [4.78, 5) is 7.71. The maximum absolute atomic E-state index is 6.10. The molecule has 0 aliphatic heterocycles. The van der Waals surface area contributed by atoms with Crippen molar-refractivity contribution in [3.05, 3.63) is 66.0 Å². The Kier molecular flexibility index (Phi) is 3.76. The van der Waals surface area contributed by atoms with E-state index in [-0.39, 0.29) is 6.04 Å². The van der Waals surface area contributed by atoms with Gasteiger partial charge in [0.15, 0.2) is 0 Å². The minimum atomic E-state index is -0.244. The number of H-pyrrole nitrogens is 1. The smallest absolute Gasteiger partial charge is 0.126 e. The second-order valence-corrected chi connectivity index (χ2v) is 4.75. The van der Waals surface area contributed by atoms with Crippen molar-refractivity contribution in [1.82, 2.24) is 9.97 Å². The van der Waals surface area contributed by atoms with Crippen LogP contribution < -0.4 is 5.73 Å². The SMILES string of the molecule is N[C@@H](COCc1ccccc1)c1nc2ccccc2[nH]1. The average Bonchev–Trinajstić information content (AvgIpc) is 2.92. The molecule has 1 atom stereocenters. The number of imidazole rings is 1. The Morgan fingerprint density at radius 3 is 2.60 bits per heavy atom. The number of nitrogens with two attached hydrogens (primary N) is 1. The number of nitrogens with one attached hydrogen (secondary N) is 1. The van der Waals surface area contributed by atoms with Crippen LogP contribution in [0.4, 0.5) is 0 Å². The van der Waals surface area contributed by atoms with Crippen molar-refractivity contribution in [2.75, 3.05) is 6.61 Å². The Morgan fingerprint density at radius 2 is 1.80 bits per heavy atom. The van der Waals surface area contributed by atoms with Crippen LogP contribution in [0.3, 0.4) is 0 Å². The Bertz CT molecular complexity index is 645. The predicted octanol–water partition coefficient (Wildman–Crippen LogP) is 2.78. The fourth-order valence-corrected chi connectivity index (χ4v) is 2.11. The third kappa shape index (κ3) is 2.87. The first-order valence-corrected chi connectivity index (χ1v) is 6.65. The highest BCUT2D eigenvalue weighted by atomic mass is 16.5. The molecule has 1 heterocycles. The molecule has 2 aromatic carbocycles. The van der Waals surface area contributed by atoms with E-state index in [9.17, 15) is 0 Å². The zero-order valence-corrected chi connectivity index (χ0v) is 11.1. The van der Waals surface area contributed by atoms with E-state index in [0.717, 1.165) is 22.4 Å². The lowest BCUT2D eigenvalue weighted by molar-refractivity contribution is 0.106. The van der Waals surface area contributed by atoms with Crippen LogP contribution in [0.15, 0.2) is 54.6 Å². The molecule has 0 amide bonds. The van der Waals surface area contributed by atoms with Crippen molar-refractivity contribution >= 4 is 11.0 Å². The molecule has 0 aliphatic rings. The zero-order chi connectivity index (χ0) is 13.8. The molecule has 3 aromatic rings. The third-order valence-corrected chi connectivity index (χ3v) is 3.17. The minimum absolute atomic E-state index is 0.244. The molecule has 1 aromatic heterocycles. The molecule has 0 fully saturated rings. The van der Waals surface area contributed by atoms with Gasteiger partial charge in [-0.25, -0.2) is 4.98 Å². The summed E-state index contributed by atoms with van der Waals surface area (Å²) in [7, 11) is 0. The summed E-state index contributed by atoms with van der Waals surface area (Å²) in [5, 5.41) is 0. The maximum Gasteiger partial charge on any atom is 0.126 e. The van der Waals surface area contributed by atoms with E-state index < -0.39 is 0 Å². The highest BCUT2D eigenvalue weighted by Crippen LogP contribution is 2.15. The fraction of sp³-hybridized carbons (Fsp3) is 0.188. The van der Waals surface area contributed by atoms with Crippen molar-refractivity contribution < 1.29 is 4.74 Å². The second kappa shape index (κ2) is 5.86. The number of hydrogen-bond donors (Lipinski definition) is 2. The molecule has 102 valence electrons. The first kappa shape index (κ1) is 12.8. The summed E-state index contributed by atoms with van der Waals surface area (Å²) in [5.74, 6) is 0.763. The van der Waals surface area contributed by atoms with Gasteiger partial charge in [0.2, 0.25) is 0 Å². The van der Waals surface area contributed by atoms with Gasteiger partial charge in [-0.05, 0) is 17.7 Å². The monoisotopic (exact) mass is 267 g/mol. The number of ether oxygens (including phenoxy) is 1. The fourth-order valence-electron chi connectivity index (χ4n) is 2.11. The third-order valence-electron chi connectivity index (χ3n) is 3.17. The van der Waals surface area contributed by atoms with Gasteiger partial charge in [0.1, 0.15) is 5.82 Å². The minimum Gasteiger partial charge on any atom is -0.375 e. The summed E-state index contributed by atoms with van der Waals surface area (Å²) in [6.45, 7) is 1.00. The van der Waals surface area contributed by atoms with E-state index in [2.05, 4.69) is 9.97 Å². The molecule has 3 N–H and O–H groups in total. The van der Waals surface area contributed by atoms with Crippen molar-refractivity contribution in [3.8, 4) is 0 Å². The molecule has 0 spiro atoms. The largest absolute Gasteiger partial charge is 0.375 e. The van der Waals surface area contributed by atoms with Crippen LogP contribution in [0.25, 0.3) is 11.0 Å². The first-order valence-electron chi connectivity index (χ1n) is 6.65. The molecular weight excluding hydrogens is 250 g/mol. The van der Waals surface area contributed by atoms with E-state index in [0.29, 0.717) is 13.2 Å². The quantitative estimate of drug-likeness (QED) is 0.747. The van der Waals surface area contributed by atoms with Gasteiger partial charge in [-0.1, -0.05) is 42.5 Å². The highest BCUT2D eigenvalue weighted by Gasteiger charge is 2.11. The normalized spacial score (nSPS) is 12.7. The Balaban J connectivity index is 1.60. The van der Waals surface area contributed by atoms with Gasteiger partial charge < -0.3 is 15.5 Å². The van der Waals surface area contributed by atoms with Gasteiger partial charge in [-0.2, -0.15) is 0 Å². The molecule has 0 bridgehead atoms. The van der Waals surface area contributed by atoms with Gasteiger partial charge >= 0.3 is 0 Å². The summed E-state index contributed by atoms with van der Waals surface area (Å²) >= 11 is 0. The van der Waals surface area contributed by atoms with Gasteiger partial charge in [0.25, 0.3) is 0 Å². The van der Waals surface area contributed by atoms with Crippen LogP contribution in [-0.4, -0.2) is 16.6 Å². The van der Waals surface area contributed by atoms with Crippen molar-refractivity contribution in [3.63, 3.8) is 0 Å². The Morgan fingerprint density at radius 1 is 1.05 bits per heavy atom. The summed E-state index contributed by atoms with van der Waals surface area (Å²) in [5.41, 5.74) is 9.18. The molecule has 3 rings (SSSR count). The van der Waals surface area contributed by atoms with E-state index in [1.807, 2.05) is 54.6 Å². The topological polar surface area (TPSA) is 63.9 Å². The van der Waals surface area contributed by atoms with Crippen LogP contribution in [-0.2, 0) is 11.3 Å². The van der Waals surface area contributed by atoms with Crippen LogP contribution in [0.5, 0.6) is 0 Å². The number of rotatable bonds is 5. The number of aromatic nitrogens is 2. The zero-order valence-electron chi connectivity index (χ0n) is 11.1. The summed E-state index contributed by atoms with van der Waals surface area (Å²) in [6.07, 6.45) is 0. The van der Waals surface area contributed by atoms with Gasteiger partial charge in [-0.3, -0.25) is 0 Å². The number of fused-ring (bicyclic) bond motifs is 1.